The molecule has 2 rings (SSSR count). The minimum absolute atomic E-state index is 0.245. The second kappa shape index (κ2) is 6.26. The number of nitrogens with two attached hydrogens (primary N) is 1. The zero-order valence-electron chi connectivity index (χ0n) is 11.1. The van der Waals surface area contributed by atoms with Gasteiger partial charge in [-0.2, -0.15) is 16.1 Å². The smallest absolute Gasteiger partial charge is 0.243 e. The lowest BCUT2D eigenvalue weighted by Crippen LogP contribution is -2.42. The molecule has 0 bridgehead atoms. The van der Waals surface area contributed by atoms with Crippen LogP contribution < -0.4 is 5.73 Å². The van der Waals surface area contributed by atoms with Gasteiger partial charge in [-0.15, -0.1) is 0 Å². The lowest BCUT2D eigenvalue weighted by molar-refractivity contribution is 0.415. The van der Waals surface area contributed by atoms with Gasteiger partial charge in [0.1, 0.15) is 0 Å². The van der Waals surface area contributed by atoms with Gasteiger partial charge in [-0.25, -0.2) is 8.42 Å². The SMILES string of the molecule is CCC1CN(S(=O)(=O)c2ccccc2CN)CCS1. The molecule has 1 atom stereocenters. The Kier molecular flexibility index (Phi) is 4.89. The number of rotatable bonds is 4. The lowest BCUT2D eigenvalue weighted by Gasteiger charge is -2.31. The summed E-state index contributed by atoms with van der Waals surface area (Å²) in [6, 6.07) is 7.01. The molecule has 1 heterocycles. The van der Waals surface area contributed by atoms with Gasteiger partial charge < -0.3 is 5.73 Å². The molecule has 106 valence electrons. The van der Waals surface area contributed by atoms with Crippen molar-refractivity contribution >= 4 is 21.8 Å². The average Bonchev–Trinajstić information content (AvgIpc) is 2.47. The molecule has 1 saturated heterocycles. The van der Waals surface area contributed by atoms with Gasteiger partial charge in [-0.1, -0.05) is 25.1 Å². The van der Waals surface area contributed by atoms with Crippen LogP contribution in [-0.2, 0) is 16.6 Å². The molecule has 1 aromatic carbocycles. The molecule has 0 aromatic heterocycles. The maximum absolute atomic E-state index is 12.7. The van der Waals surface area contributed by atoms with Crippen molar-refractivity contribution in [2.75, 3.05) is 18.8 Å². The van der Waals surface area contributed by atoms with E-state index in [9.17, 15) is 8.42 Å². The summed E-state index contributed by atoms with van der Waals surface area (Å²) in [6.45, 7) is 3.53. The average molecular weight is 300 g/mol. The second-order valence-corrected chi connectivity index (χ2v) is 7.89. The van der Waals surface area contributed by atoms with Gasteiger partial charge >= 0.3 is 0 Å². The highest BCUT2D eigenvalue weighted by atomic mass is 32.2. The number of sulfonamides is 1. The number of thioether (sulfide) groups is 1. The van der Waals surface area contributed by atoms with Crippen LogP contribution in [-0.4, -0.2) is 36.8 Å². The van der Waals surface area contributed by atoms with Crippen LogP contribution in [0.5, 0.6) is 0 Å². The van der Waals surface area contributed by atoms with E-state index in [-0.39, 0.29) is 6.54 Å². The monoisotopic (exact) mass is 300 g/mol. The van der Waals surface area contributed by atoms with Crippen LogP contribution in [0, 0.1) is 0 Å². The third kappa shape index (κ3) is 3.13. The van der Waals surface area contributed by atoms with Crippen LogP contribution in [0.1, 0.15) is 18.9 Å². The Morgan fingerprint density at radius 2 is 2.16 bits per heavy atom. The summed E-state index contributed by atoms with van der Waals surface area (Å²) in [5, 5.41) is 0.397. The summed E-state index contributed by atoms with van der Waals surface area (Å²) >= 11 is 1.86. The molecular formula is C13H20N2O2S2. The van der Waals surface area contributed by atoms with E-state index < -0.39 is 10.0 Å². The van der Waals surface area contributed by atoms with E-state index in [1.165, 1.54) is 0 Å². The topological polar surface area (TPSA) is 63.4 Å². The number of benzene rings is 1. The summed E-state index contributed by atoms with van der Waals surface area (Å²) in [7, 11) is -3.41. The molecule has 1 fully saturated rings. The molecule has 0 spiro atoms. The van der Waals surface area contributed by atoms with E-state index in [4.69, 9.17) is 5.73 Å². The summed E-state index contributed by atoms with van der Waals surface area (Å²) in [5.41, 5.74) is 6.33. The Balaban J connectivity index is 2.31. The normalized spacial score (nSPS) is 21.5. The highest BCUT2D eigenvalue weighted by molar-refractivity contribution is 8.00. The molecular weight excluding hydrogens is 280 g/mol. The first kappa shape index (κ1) is 14.8. The minimum Gasteiger partial charge on any atom is -0.326 e. The number of nitrogens with zero attached hydrogens (tertiary/aromatic N) is 1. The molecule has 1 aromatic rings. The summed E-state index contributed by atoms with van der Waals surface area (Å²) < 4.78 is 27.0. The van der Waals surface area contributed by atoms with E-state index in [0.29, 0.717) is 28.8 Å². The predicted molar refractivity (Wildman–Crippen MR) is 79.6 cm³/mol. The van der Waals surface area contributed by atoms with E-state index in [1.54, 1.807) is 22.5 Å². The summed E-state index contributed by atoms with van der Waals surface area (Å²) in [4.78, 5) is 0.360. The lowest BCUT2D eigenvalue weighted by atomic mass is 10.2. The molecule has 1 aliphatic heterocycles. The fourth-order valence-electron chi connectivity index (χ4n) is 2.22. The van der Waals surface area contributed by atoms with Crippen molar-refractivity contribution < 1.29 is 8.42 Å². The maximum Gasteiger partial charge on any atom is 0.243 e. The highest BCUT2D eigenvalue weighted by Gasteiger charge is 2.30. The third-order valence-corrected chi connectivity index (χ3v) is 6.70. The van der Waals surface area contributed by atoms with Gasteiger partial charge in [-0.05, 0) is 18.1 Å². The molecule has 19 heavy (non-hydrogen) atoms. The zero-order valence-corrected chi connectivity index (χ0v) is 12.7. The van der Waals surface area contributed by atoms with Crippen molar-refractivity contribution in [2.24, 2.45) is 5.73 Å². The Morgan fingerprint density at radius 1 is 1.42 bits per heavy atom. The molecule has 4 nitrogen and oxygen atoms in total. The van der Waals surface area contributed by atoms with Crippen molar-refractivity contribution in [1.29, 1.82) is 0 Å². The highest BCUT2D eigenvalue weighted by Crippen LogP contribution is 2.27. The fraction of sp³-hybridized carbons (Fsp3) is 0.538. The first-order valence-electron chi connectivity index (χ1n) is 6.49. The van der Waals surface area contributed by atoms with Crippen molar-refractivity contribution in [2.45, 2.75) is 30.0 Å². The Labute approximate surface area is 119 Å². The standard InChI is InChI=1S/C13H20N2O2S2/c1-2-12-10-15(7-8-18-12)19(16,17)13-6-4-3-5-11(13)9-14/h3-6,12H,2,7-10,14H2,1H3. The maximum atomic E-state index is 12.7. The first-order valence-corrected chi connectivity index (χ1v) is 8.98. The molecule has 6 heteroatoms. The molecule has 1 unspecified atom stereocenters. The third-order valence-electron chi connectivity index (χ3n) is 3.37. The second-order valence-electron chi connectivity index (χ2n) is 4.58. The van der Waals surface area contributed by atoms with Crippen molar-refractivity contribution in [1.82, 2.24) is 4.31 Å². The molecule has 2 N–H and O–H groups in total. The van der Waals surface area contributed by atoms with Crippen LogP contribution in [0.15, 0.2) is 29.2 Å². The minimum atomic E-state index is -3.41. The van der Waals surface area contributed by atoms with Gasteiger partial charge in [0, 0.05) is 30.6 Å². The summed E-state index contributed by atoms with van der Waals surface area (Å²) in [5.74, 6) is 0.864. The summed E-state index contributed by atoms with van der Waals surface area (Å²) in [6.07, 6.45) is 0.995. The van der Waals surface area contributed by atoms with Crippen LogP contribution >= 0.6 is 11.8 Å². The fourth-order valence-corrected chi connectivity index (χ4v) is 5.33. The Hall–Kier alpha value is -0.560. The van der Waals surface area contributed by atoms with E-state index in [1.807, 2.05) is 17.8 Å². The largest absolute Gasteiger partial charge is 0.326 e. The molecule has 0 amide bonds. The Morgan fingerprint density at radius 3 is 2.84 bits per heavy atom. The van der Waals surface area contributed by atoms with Gasteiger partial charge in [-0.3, -0.25) is 0 Å². The van der Waals surface area contributed by atoms with Crippen LogP contribution in [0.3, 0.4) is 0 Å². The Bertz CT molecular complexity index is 531. The molecule has 1 aliphatic rings. The van der Waals surface area contributed by atoms with Gasteiger partial charge in [0.15, 0.2) is 0 Å². The van der Waals surface area contributed by atoms with Gasteiger partial charge in [0.05, 0.1) is 4.90 Å². The molecule has 0 aliphatic carbocycles. The number of hydrogen-bond acceptors (Lipinski definition) is 4. The molecule has 0 saturated carbocycles. The van der Waals surface area contributed by atoms with Crippen molar-refractivity contribution in [3.8, 4) is 0 Å². The quantitative estimate of drug-likeness (QED) is 0.918. The van der Waals surface area contributed by atoms with Crippen LogP contribution in [0.25, 0.3) is 0 Å². The van der Waals surface area contributed by atoms with Crippen LogP contribution in [0.2, 0.25) is 0 Å². The molecule has 0 radical (unpaired) electrons. The van der Waals surface area contributed by atoms with Gasteiger partial charge in [0.2, 0.25) is 10.0 Å². The number of hydrogen-bond donors (Lipinski definition) is 1. The van der Waals surface area contributed by atoms with E-state index >= 15 is 0 Å². The van der Waals surface area contributed by atoms with Crippen molar-refractivity contribution in [3.05, 3.63) is 29.8 Å². The predicted octanol–water partition coefficient (Wildman–Crippen LogP) is 1.66. The van der Waals surface area contributed by atoms with E-state index in [0.717, 1.165) is 12.2 Å². The zero-order chi connectivity index (χ0) is 13.9. The first-order chi connectivity index (χ1) is 9.09. The van der Waals surface area contributed by atoms with Crippen LogP contribution in [0.4, 0.5) is 0 Å². The van der Waals surface area contributed by atoms with E-state index in [2.05, 4.69) is 6.92 Å². The van der Waals surface area contributed by atoms with Crippen molar-refractivity contribution in [3.63, 3.8) is 0 Å². The van der Waals surface area contributed by atoms with Gasteiger partial charge in [0.25, 0.3) is 0 Å².